The third-order valence-corrected chi connectivity index (χ3v) is 5.63. The highest BCUT2D eigenvalue weighted by atomic mass is 32.2. The molecule has 1 aromatic heterocycles. The van der Waals surface area contributed by atoms with Crippen LogP contribution in [0.1, 0.15) is 24.2 Å². The largest absolute Gasteiger partial charge is 0.504 e. The number of hydrogen-bond donors (Lipinski definition) is 3. The molecule has 0 atom stereocenters. The number of carbonyl (C=O) groups is 2. The van der Waals surface area contributed by atoms with E-state index >= 15 is 0 Å². The molecule has 7 nitrogen and oxygen atoms in total. The summed E-state index contributed by atoms with van der Waals surface area (Å²) in [5.41, 5.74) is 0.807. The number of thiocarbonyl (C=S) groups is 1. The molecule has 2 heterocycles. The molecule has 1 aliphatic rings. The van der Waals surface area contributed by atoms with Crippen molar-refractivity contribution in [1.82, 2.24) is 10.2 Å². The SMILES string of the molecule is O=C(CCCN1C(=O)C(=Cc2ccco2)SC1=S)NCCc1ccc(O)c(O)c1. The maximum Gasteiger partial charge on any atom is 0.266 e. The Morgan fingerprint density at radius 1 is 1.28 bits per heavy atom. The van der Waals surface area contributed by atoms with Gasteiger partial charge in [0, 0.05) is 25.6 Å². The number of furan rings is 1. The monoisotopic (exact) mass is 432 g/mol. The van der Waals surface area contributed by atoms with Crippen LogP contribution in [0.5, 0.6) is 11.5 Å². The molecule has 0 aliphatic carbocycles. The normalized spacial score (nSPS) is 15.3. The van der Waals surface area contributed by atoms with E-state index < -0.39 is 0 Å². The summed E-state index contributed by atoms with van der Waals surface area (Å²) in [6.07, 6.45) is 4.50. The standard InChI is InChI=1S/C20H20N2O5S2/c23-15-6-5-13(11-16(15)24)7-8-21-18(25)4-1-9-22-19(26)17(29-20(22)28)12-14-3-2-10-27-14/h2-3,5-6,10-12,23-24H,1,4,7-9H2,(H,21,25). The van der Waals surface area contributed by atoms with E-state index in [1.165, 1.54) is 35.1 Å². The number of carbonyl (C=O) groups excluding carboxylic acids is 2. The number of thioether (sulfide) groups is 1. The molecule has 2 aromatic rings. The summed E-state index contributed by atoms with van der Waals surface area (Å²) in [6.45, 7) is 0.787. The quantitative estimate of drug-likeness (QED) is 0.335. The number of aromatic hydroxyl groups is 2. The lowest BCUT2D eigenvalue weighted by atomic mass is 10.1. The molecule has 0 radical (unpaired) electrons. The molecule has 0 unspecified atom stereocenters. The lowest BCUT2D eigenvalue weighted by Crippen LogP contribution is -2.31. The fraction of sp³-hybridized carbons (Fsp3) is 0.250. The maximum atomic E-state index is 12.5. The zero-order valence-electron chi connectivity index (χ0n) is 15.5. The summed E-state index contributed by atoms with van der Waals surface area (Å²) in [6, 6.07) is 8.07. The van der Waals surface area contributed by atoms with Crippen LogP contribution >= 0.6 is 24.0 Å². The fourth-order valence-corrected chi connectivity index (χ4v) is 4.04. The summed E-state index contributed by atoms with van der Waals surface area (Å²) in [5.74, 6) is -0.0637. The predicted molar refractivity (Wildman–Crippen MR) is 114 cm³/mol. The smallest absolute Gasteiger partial charge is 0.266 e. The van der Waals surface area contributed by atoms with Gasteiger partial charge in [0.1, 0.15) is 10.1 Å². The first-order chi connectivity index (χ1) is 13.9. The minimum absolute atomic E-state index is 0.121. The number of benzene rings is 1. The van der Waals surface area contributed by atoms with Gasteiger partial charge in [-0.05, 0) is 42.7 Å². The molecule has 2 amide bonds. The van der Waals surface area contributed by atoms with Crippen molar-refractivity contribution in [3.8, 4) is 11.5 Å². The van der Waals surface area contributed by atoms with E-state index in [1.54, 1.807) is 24.3 Å². The summed E-state index contributed by atoms with van der Waals surface area (Å²) in [7, 11) is 0. The second-order valence-corrected chi connectivity index (χ2v) is 8.05. The van der Waals surface area contributed by atoms with E-state index in [4.69, 9.17) is 16.6 Å². The van der Waals surface area contributed by atoms with Gasteiger partial charge in [-0.2, -0.15) is 0 Å². The molecule has 0 saturated carbocycles. The molecule has 152 valence electrons. The Kier molecular flexibility index (Phi) is 6.95. The molecule has 29 heavy (non-hydrogen) atoms. The van der Waals surface area contributed by atoms with Crippen LogP contribution in [0, 0.1) is 0 Å². The fourth-order valence-electron chi connectivity index (χ4n) is 2.75. The van der Waals surface area contributed by atoms with E-state index in [9.17, 15) is 19.8 Å². The Bertz CT molecular complexity index is 940. The van der Waals surface area contributed by atoms with Gasteiger partial charge in [-0.15, -0.1) is 0 Å². The molecule has 9 heteroatoms. The number of amides is 2. The van der Waals surface area contributed by atoms with Gasteiger partial charge in [0.25, 0.3) is 5.91 Å². The van der Waals surface area contributed by atoms with E-state index in [-0.39, 0.29) is 29.7 Å². The van der Waals surface area contributed by atoms with Gasteiger partial charge in [0.2, 0.25) is 5.91 Å². The van der Waals surface area contributed by atoms with Crippen molar-refractivity contribution in [3.05, 3.63) is 52.8 Å². The third-order valence-electron chi connectivity index (χ3n) is 4.25. The molecular weight excluding hydrogens is 412 g/mol. The van der Waals surface area contributed by atoms with Crippen LogP contribution in [0.4, 0.5) is 0 Å². The molecular formula is C20H20N2O5S2. The molecule has 1 fully saturated rings. The topological polar surface area (TPSA) is 103 Å². The molecule has 0 bridgehead atoms. The highest BCUT2D eigenvalue weighted by Crippen LogP contribution is 2.32. The van der Waals surface area contributed by atoms with E-state index in [1.807, 2.05) is 0 Å². The van der Waals surface area contributed by atoms with Gasteiger partial charge >= 0.3 is 0 Å². The van der Waals surface area contributed by atoms with Crippen molar-refractivity contribution in [1.29, 1.82) is 0 Å². The van der Waals surface area contributed by atoms with E-state index in [2.05, 4.69) is 5.32 Å². The predicted octanol–water partition coefficient (Wildman–Crippen LogP) is 3.03. The number of phenols is 2. The average Bonchev–Trinajstić information content (AvgIpc) is 3.28. The molecule has 3 N–H and O–H groups in total. The summed E-state index contributed by atoms with van der Waals surface area (Å²) in [5, 5.41) is 21.6. The zero-order valence-corrected chi connectivity index (χ0v) is 17.1. The lowest BCUT2D eigenvalue weighted by Gasteiger charge is -2.14. The molecule has 0 spiro atoms. The Labute approximate surface area is 177 Å². The van der Waals surface area contributed by atoms with Gasteiger partial charge in [-0.1, -0.05) is 30.0 Å². The number of nitrogens with zero attached hydrogens (tertiary/aromatic N) is 1. The summed E-state index contributed by atoms with van der Waals surface area (Å²) >= 11 is 6.49. The van der Waals surface area contributed by atoms with Gasteiger partial charge in [-0.3, -0.25) is 14.5 Å². The van der Waals surface area contributed by atoms with Gasteiger partial charge in [0.05, 0.1) is 11.2 Å². The number of nitrogens with one attached hydrogen (secondary N) is 1. The van der Waals surface area contributed by atoms with Crippen LogP contribution in [0.25, 0.3) is 6.08 Å². The number of hydrogen-bond acceptors (Lipinski definition) is 7. The van der Waals surface area contributed by atoms with E-state index in [0.29, 0.717) is 40.9 Å². The Morgan fingerprint density at radius 3 is 2.83 bits per heavy atom. The Balaban J connectivity index is 1.40. The number of rotatable bonds is 8. The lowest BCUT2D eigenvalue weighted by molar-refractivity contribution is -0.123. The van der Waals surface area contributed by atoms with Crippen LogP contribution < -0.4 is 5.32 Å². The van der Waals surface area contributed by atoms with Crippen molar-refractivity contribution in [2.45, 2.75) is 19.3 Å². The van der Waals surface area contributed by atoms with Crippen molar-refractivity contribution in [3.63, 3.8) is 0 Å². The van der Waals surface area contributed by atoms with E-state index in [0.717, 1.165) is 5.56 Å². The van der Waals surface area contributed by atoms with Crippen LogP contribution in [0.3, 0.4) is 0 Å². The molecule has 1 aliphatic heterocycles. The molecule has 1 aromatic carbocycles. The van der Waals surface area contributed by atoms with Gasteiger partial charge in [-0.25, -0.2) is 0 Å². The van der Waals surface area contributed by atoms with Crippen molar-refractivity contribution in [2.75, 3.05) is 13.1 Å². The Hall–Kier alpha value is -2.78. The summed E-state index contributed by atoms with van der Waals surface area (Å²) < 4.78 is 5.70. The zero-order chi connectivity index (χ0) is 20.8. The highest BCUT2D eigenvalue weighted by molar-refractivity contribution is 8.26. The molecule has 1 saturated heterocycles. The minimum atomic E-state index is -0.182. The second-order valence-electron chi connectivity index (χ2n) is 6.38. The van der Waals surface area contributed by atoms with Crippen LogP contribution in [0.15, 0.2) is 45.9 Å². The Morgan fingerprint density at radius 2 is 2.10 bits per heavy atom. The number of phenolic OH excluding ortho intramolecular Hbond substituents is 2. The first-order valence-electron chi connectivity index (χ1n) is 9.00. The van der Waals surface area contributed by atoms with Crippen LogP contribution in [0.2, 0.25) is 0 Å². The van der Waals surface area contributed by atoms with Crippen molar-refractivity contribution >= 4 is 46.2 Å². The first-order valence-corrected chi connectivity index (χ1v) is 10.2. The van der Waals surface area contributed by atoms with Gasteiger partial charge < -0.3 is 19.9 Å². The summed E-state index contributed by atoms with van der Waals surface area (Å²) in [4.78, 5) is 26.5. The molecule has 3 rings (SSSR count). The third kappa shape index (κ3) is 5.61. The van der Waals surface area contributed by atoms with Gasteiger partial charge in [0.15, 0.2) is 11.5 Å². The second kappa shape index (κ2) is 9.62. The first kappa shape index (κ1) is 20.9. The van der Waals surface area contributed by atoms with Crippen LogP contribution in [-0.2, 0) is 16.0 Å². The minimum Gasteiger partial charge on any atom is -0.504 e. The average molecular weight is 433 g/mol. The highest BCUT2D eigenvalue weighted by Gasteiger charge is 2.31. The van der Waals surface area contributed by atoms with Crippen molar-refractivity contribution < 1.29 is 24.2 Å². The van der Waals surface area contributed by atoms with Crippen molar-refractivity contribution in [2.24, 2.45) is 0 Å². The maximum absolute atomic E-state index is 12.5. The van der Waals surface area contributed by atoms with Crippen LogP contribution in [-0.4, -0.2) is 44.3 Å².